The second-order valence-electron chi connectivity index (χ2n) is 5.52. The third-order valence-electron chi connectivity index (χ3n) is 3.68. The number of halogens is 1. The van der Waals surface area contributed by atoms with Crippen LogP contribution in [0.4, 0.5) is 5.69 Å². The lowest BCUT2D eigenvalue weighted by Crippen LogP contribution is -2.29. The van der Waals surface area contributed by atoms with E-state index in [0.717, 1.165) is 12.8 Å². The minimum Gasteiger partial charge on any atom is -0.381 e. The molecule has 0 radical (unpaired) electrons. The molecule has 0 bridgehead atoms. The first-order valence-electron chi connectivity index (χ1n) is 7.68. The summed E-state index contributed by atoms with van der Waals surface area (Å²) in [5, 5.41) is 2.76. The second kappa shape index (κ2) is 9.95. The molecular weight excluding hydrogens is 354 g/mol. The van der Waals surface area contributed by atoms with E-state index < -0.39 is 10.0 Å². The van der Waals surface area contributed by atoms with Crippen LogP contribution in [-0.2, 0) is 19.6 Å². The maximum absolute atomic E-state index is 12.1. The average Bonchev–Trinajstić information content (AvgIpc) is 2.54. The number of amides is 1. The van der Waals surface area contributed by atoms with E-state index in [9.17, 15) is 13.2 Å². The normalized spacial score (nSPS) is 15.5. The van der Waals surface area contributed by atoms with E-state index in [4.69, 9.17) is 10.5 Å². The summed E-state index contributed by atoms with van der Waals surface area (Å²) in [5.74, 6) is 0.211. The van der Waals surface area contributed by atoms with Gasteiger partial charge in [0.05, 0.1) is 4.90 Å². The fraction of sp³-hybridized carbons (Fsp3) is 0.533. The number of nitrogens with one attached hydrogen (secondary N) is 2. The van der Waals surface area contributed by atoms with Crippen LogP contribution in [0.25, 0.3) is 0 Å². The van der Waals surface area contributed by atoms with Crippen molar-refractivity contribution in [3.63, 3.8) is 0 Å². The summed E-state index contributed by atoms with van der Waals surface area (Å²) in [4.78, 5) is 12.2. The highest BCUT2D eigenvalue weighted by Crippen LogP contribution is 2.20. The molecule has 1 heterocycles. The summed E-state index contributed by atoms with van der Waals surface area (Å²) in [5.41, 5.74) is 5.78. The van der Waals surface area contributed by atoms with E-state index in [-0.39, 0.29) is 36.3 Å². The fourth-order valence-corrected chi connectivity index (χ4v) is 3.54. The molecule has 0 aliphatic carbocycles. The molecule has 4 N–H and O–H groups in total. The lowest BCUT2D eigenvalue weighted by Gasteiger charge is -2.21. The molecule has 24 heavy (non-hydrogen) atoms. The summed E-state index contributed by atoms with van der Waals surface area (Å²) < 4.78 is 31.8. The van der Waals surface area contributed by atoms with Crippen molar-refractivity contribution >= 4 is 34.0 Å². The van der Waals surface area contributed by atoms with Crippen LogP contribution in [0, 0.1) is 5.92 Å². The molecule has 9 heteroatoms. The number of anilines is 1. The van der Waals surface area contributed by atoms with E-state index in [2.05, 4.69) is 10.0 Å². The van der Waals surface area contributed by atoms with Gasteiger partial charge in [-0.3, -0.25) is 4.79 Å². The third-order valence-corrected chi connectivity index (χ3v) is 5.14. The van der Waals surface area contributed by atoms with Gasteiger partial charge in [-0.1, -0.05) is 6.07 Å². The molecular formula is C15H24ClN3O4S. The number of ether oxygens (including phenoxy) is 1. The molecule has 1 amide bonds. The van der Waals surface area contributed by atoms with E-state index in [1.165, 1.54) is 12.1 Å². The zero-order chi connectivity index (χ0) is 16.7. The minimum absolute atomic E-state index is 0. The third kappa shape index (κ3) is 6.37. The summed E-state index contributed by atoms with van der Waals surface area (Å²) in [6, 6.07) is 6.19. The van der Waals surface area contributed by atoms with E-state index in [1.807, 2.05) is 0 Å². The molecule has 136 valence electrons. The Morgan fingerprint density at radius 2 is 2.00 bits per heavy atom. The molecule has 1 saturated heterocycles. The number of carbonyl (C=O) groups excluding carboxylic acids is 1. The summed E-state index contributed by atoms with van der Waals surface area (Å²) in [6.07, 6.45) is 2.18. The molecule has 1 aliphatic rings. The van der Waals surface area contributed by atoms with Gasteiger partial charge in [-0.15, -0.1) is 12.4 Å². The van der Waals surface area contributed by atoms with Crippen LogP contribution in [-0.4, -0.2) is 40.6 Å². The van der Waals surface area contributed by atoms with E-state index in [0.29, 0.717) is 31.2 Å². The standard InChI is InChI=1S/C15H23N3O4S.ClH/c16-6-7-17-23(20,21)14-3-1-2-13(11-14)18-15(19)10-12-4-8-22-9-5-12;/h1-3,11-12,17H,4-10,16H2,(H,18,19);1H. The monoisotopic (exact) mass is 377 g/mol. The van der Waals surface area contributed by atoms with Gasteiger partial charge in [-0.25, -0.2) is 13.1 Å². The topological polar surface area (TPSA) is 111 Å². The Hall–Kier alpha value is -1.19. The SMILES string of the molecule is Cl.NCCNS(=O)(=O)c1cccc(NC(=O)CC2CCOCC2)c1. The van der Waals surface area contributed by atoms with Gasteiger partial charge < -0.3 is 15.8 Å². The first-order valence-corrected chi connectivity index (χ1v) is 9.17. The van der Waals surface area contributed by atoms with Crippen molar-refractivity contribution < 1.29 is 17.9 Å². The van der Waals surface area contributed by atoms with E-state index in [1.54, 1.807) is 12.1 Å². The Bertz CT molecular complexity index is 633. The molecule has 1 aromatic carbocycles. The first-order chi connectivity index (χ1) is 11.0. The van der Waals surface area contributed by atoms with E-state index >= 15 is 0 Å². The van der Waals surface area contributed by atoms with Crippen LogP contribution in [0.1, 0.15) is 19.3 Å². The molecule has 1 fully saturated rings. The zero-order valence-electron chi connectivity index (χ0n) is 13.4. The Balaban J connectivity index is 0.00000288. The van der Waals surface area contributed by atoms with Gasteiger partial charge in [0, 0.05) is 38.4 Å². The Labute approximate surface area is 148 Å². The fourth-order valence-electron chi connectivity index (χ4n) is 2.44. The largest absolute Gasteiger partial charge is 0.381 e. The van der Waals surface area contributed by atoms with Crippen molar-refractivity contribution in [3.8, 4) is 0 Å². The average molecular weight is 378 g/mol. The molecule has 0 aromatic heterocycles. The van der Waals surface area contributed by atoms with Gasteiger partial charge >= 0.3 is 0 Å². The maximum atomic E-state index is 12.1. The van der Waals surface area contributed by atoms with Gasteiger partial charge in [0.2, 0.25) is 15.9 Å². The lowest BCUT2D eigenvalue weighted by atomic mass is 9.96. The number of rotatable bonds is 7. The molecule has 0 saturated carbocycles. The molecule has 1 aromatic rings. The van der Waals surface area contributed by atoms with Gasteiger partial charge in [-0.2, -0.15) is 0 Å². The van der Waals surface area contributed by atoms with Crippen molar-refractivity contribution in [3.05, 3.63) is 24.3 Å². The quantitative estimate of drug-likeness (QED) is 0.659. The highest BCUT2D eigenvalue weighted by molar-refractivity contribution is 7.89. The van der Waals surface area contributed by atoms with Gasteiger partial charge in [0.1, 0.15) is 0 Å². The predicted octanol–water partition coefficient (Wildman–Crippen LogP) is 1.10. The lowest BCUT2D eigenvalue weighted by molar-refractivity contribution is -0.117. The number of sulfonamides is 1. The predicted molar refractivity (Wildman–Crippen MR) is 94.7 cm³/mol. The molecule has 7 nitrogen and oxygen atoms in total. The van der Waals surface area contributed by atoms with Crippen molar-refractivity contribution in [2.75, 3.05) is 31.6 Å². The van der Waals surface area contributed by atoms with Crippen LogP contribution in [0.5, 0.6) is 0 Å². The Kier molecular flexibility index (Phi) is 8.65. The highest BCUT2D eigenvalue weighted by Gasteiger charge is 2.18. The zero-order valence-corrected chi connectivity index (χ0v) is 15.0. The summed E-state index contributed by atoms with van der Waals surface area (Å²) in [7, 11) is -3.61. The maximum Gasteiger partial charge on any atom is 0.240 e. The van der Waals surface area contributed by atoms with Crippen LogP contribution in [0.3, 0.4) is 0 Å². The molecule has 0 unspecified atom stereocenters. The van der Waals surface area contributed by atoms with Gasteiger partial charge in [0.25, 0.3) is 0 Å². The second-order valence-corrected chi connectivity index (χ2v) is 7.29. The van der Waals surface area contributed by atoms with Crippen LogP contribution < -0.4 is 15.8 Å². The van der Waals surface area contributed by atoms with Crippen molar-refractivity contribution in [2.24, 2.45) is 11.7 Å². The van der Waals surface area contributed by atoms with Gasteiger partial charge in [0.15, 0.2) is 0 Å². The molecule has 0 atom stereocenters. The van der Waals surface area contributed by atoms with Crippen LogP contribution in [0.2, 0.25) is 0 Å². The smallest absolute Gasteiger partial charge is 0.240 e. The molecule has 2 rings (SSSR count). The molecule has 1 aliphatic heterocycles. The number of benzene rings is 1. The van der Waals surface area contributed by atoms with Crippen molar-refractivity contribution in [1.82, 2.24) is 4.72 Å². The minimum atomic E-state index is -3.61. The van der Waals surface area contributed by atoms with Crippen LogP contribution in [0.15, 0.2) is 29.2 Å². The Morgan fingerprint density at radius 3 is 2.67 bits per heavy atom. The summed E-state index contributed by atoms with van der Waals surface area (Å²) in [6.45, 7) is 1.78. The highest BCUT2D eigenvalue weighted by atomic mass is 35.5. The molecule has 0 spiro atoms. The number of hydrogen-bond donors (Lipinski definition) is 3. The van der Waals surface area contributed by atoms with Crippen LogP contribution >= 0.6 is 12.4 Å². The van der Waals surface area contributed by atoms with Crippen molar-refractivity contribution in [2.45, 2.75) is 24.2 Å². The Morgan fingerprint density at radius 1 is 1.29 bits per heavy atom. The summed E-state index contributed by atoms with van der Waals surface area (Å²) >= 11 is 0. The van der Waals surface area contributed by atoms with Crippen molar-refractivity contribution in [1.29, 1.82) is 0 Å². The number of carbonyl (C=O) groups is 1. The number of hydrogen-bond acceptors (Lipinski definition) is 5. The van der Waals surface area contributed by atoms with Gasteiger partial charge in [-0.05, 0) is 37.0 Å². The first kappa shape index (κ1) is 20.9. The number of nitrogens with two attached hydrogens (primary N) is 1.